The lowest BCUT2D eigenvalue weighted by molar-refractivity contribution is 0.260. The van der Waals surface area contributed by atoms with E-state index < -0.39 is 0 Å². The topological polar surface area (TPSA) is 54.6 Å². The lowest BCUT2D eigenvalue weighted by Crippen LogP contribution is -2.39. The summed E-state index contributed by atoms with van der Waals surface area (Å²) in [7, 11) is 4.07. The van der Waals surface area contributed by atoms with Crippen LogP contribution in [-0.4, -0.2) is 56.3 Å². The van der Waals surface area contributed by atoms with Gasteiger partial charge in [-0.3, -0.25) is 4.98 Å². The van der Waals surface area contributed by atoms with Crippen LogP contribution in [0.1, 0.15) is 12.8 Å². The Bertz CT molecular complexity index is 389. The van der Waals surface area contributed by atoms with Crippen LogP contribution in [-0.2, 0) is 0 Å². The average Bonchev–Trinajstić information content (AvgIpc) is 2.39. The molecule has 5 nitrogen and oxygen atoms in total. The zero-order chi connectivity index (χ0) is 13.7. The number of anilines is 1. The highest BCUT2D eigenvalue weighted by Crippen LogP contribution is 2.22. The predicted molar refractivity (Wildman–Crippen MR) is 77.7 cm³/mol. The summed E-state index contributed by atoms with van der Waals surface area (Å²) in [5.74, 6) is 0.842. The zero-order valence-corrected chi connectivity index (χ0v) is 11.9. The van der Waals surface area contributed by atoms with Gasteiger partial charge in [-0.05, 0) is 26.9 Å². The number of nitrogens with zero attached hydrogens (tertiary/aromatic N) is 3. The molecule has 1 aliphatic heterocycles. The summed E-state index contributed by atoms with van der Waals surface area (Å²) in [4.78, 5) is 8.69. The smallest absolute Gasteiger partial charge is 0.139 e. The third-order valence-electron chi connectivity index (χ3n) is 3.41. The molecule has 1 aliphatic rings. The van der Waals surface area contributed by atoms with Crippen molar-refractivity contribution in [3.05, 3.63) is 18.5 Å². The van der Waals surface area contributed by atoms with Crippen molar-refractivity contribution in [3.63, 3.8) is 0 Å². The molecule has 1 fully saturated rings. The van der Waals surface area contributed by atoms with Crippen molar-refractivity contribution in [2.45, 2.75) is 18.9 Å². The first-order valence-corrected chi connectivity index (χ1v) is 6.88. The fourth-order valence-electron chi connectivity index (χ4n) is 2.16. The summed E-state index contributed by atoms with van der Waals surface area (Å²) in [6, 6.07) is 2.42. The molecule has 0 aromatic carbocycles. The third kappa shape index (κ3) is 4.36. The van der Waals surface area contributed by atoms with Crippen molar-refractivity contribution in [1.82, 2.24) is 9.88 Å². The van der Waals surface area contributed by atoms with Crippen LogP contribution in [0.4, 0.5) is 5.69 Å². The van der Waals surface area contributed by atoms with E-state index in [1.54, 1.807) is 6.20 Å². The van der Waals surface area contributed by atoms with Gasteiger partial charge in [-0.2, -0.15) is 0 Å². The molecule has 2 N–H and O–H groups in total. The van der Waals surface area contributed by atoms with Crippen LogP contribution in [0.15, 0.2) is 18.5 Å². The molecule has 19 heavy (non-hydrogen) atoms. The van der Waals surface area contributed by atoms with Gasteiger partial charge in [0.15, 0.2) is 0 Å². The maximum absolute atomic E-state index is 5.93. The highest BCUT2D eigenvalue weighted by molar-refractivity contribution is 5.48. The van der Waals surface area contributed by atoms with E-state index in [9.17, 15) is 0 Å². The number of likely N-dealkylation sites (N-methyl/N-ethyl adjacent to an activating group) is 1. The van der Waals surface area contributed by atoms with Gasteiger partial charge in [0.25, 0.3) is 0 Å². The van der Waals surface area contributed by atoms with Crippen molar-refractivity contribution < 1.29 is 4.74 Å². The molecule has 2 heterocycles. The number of aromatic nitrogens is 1. The molecular weight excluding hydrogens is 240 g/mol. The Labute approximate surface area is 115 Å². The molecule has 1 aromatic rings. The van der Waals surface area contributed by atoms with Crippen molar-refractivity contribution in [1.29, 1.82) is 0 Å². The normalized spacial score (nSPS) is 16.9. The summed E-state index contributed by atoms with van der Waals surface area (Å²) in [6.45, 7) is 3.60. The predicted octanol–water partition coefficient (Wildman–Crippen LogP) is 0.949. The van der Waals surface area contributed by atoms with Crippen molar-refractivity contribution in [2.75, 3.05) is 45.2 Å². The molecule has 0 unspecified atom stereocenters. The van der Waals surface area contributed by atoms with Gasteiger partial charge in [0.05, 0.1) is 18.1 Å². The molecule has 0 aliphatic carbocycles. The van der Waals surface area contributed by atoms with Gasteiger partial charge in [0.2, 0.25) is 0 Å². The fourth-order valence-corrected chi connectivity index (χ4v) is 2.16. The van der Waals surface area contributed by atoms with E-state index in [4.69, 9.17) is 10.5 Å². The first-order chi connectivity index (χ1) is 9.15. The summed E-state index contributed by atoms with van der Waals surface area (Å²) in [6.07, 6.45) is 5.77. The second kappa shape index (κ2) is 6.73. The number of pyridine rings is 1. The van der Waals surface area contributed by atoms with Crippen molar-refractivity contribution in [3.8, 4) is 5.75 Å². The van der Waals surface area contributed by atoms with E-state index in [0.29, 0.717) is 12.6 Å². The SMILES string of the molecule is CN(C)CCOc1cncc(N2CCC(N)CC2)c1. The van der Waals surface area contributed by atoms with Crippen molar-refractivity contribution >= 4 is 5.69 Å². The van der Waals surface area contributed by atoms with Crippen molar-refractivity contribution in [2.24, 2.45) is 5.73 Å². The Balaban J connectivity index is 1.91. The van der Waals surface area contributed by atoms with Gasteiger partial charge in [-0.25, -0.2) is 0 Å². The third-order valence-corrected chi connectivity index (χ3v) is 3.41. The van der Waals surface area contributed by atoms with E-state index in [-0.39, 0.29) is 0 Å². The Kier molecular flexibility index (Phi) is 4.99. The number of piperidine rings is 1. The number of rotatable bonds is 5. The van der Waals surface area contributed by atoms with Crippen LogP contribution in [0.2, 0.25) is 0 Å². The molecule has 2 rings (SSSR count). The number of hydrogen-bond donors (Lipinski definition) is 1. The van der Waals surface area contributed by atoms with Gasteiger partial charge >= 0.3 is 0 Å². The van der Waals surface area contributed by atoms with Gasteiger partial charge in [0, 0.05) is 31.7 Å². The average molecular weight is 264 g/mol. The molecule has 0 atom stereocenters. The quantitative estimate of drug-likeness (QED) is 0.858. The molecule has 0 bridgehead atoms. The molecule has 1 saturated heterocycles. The van der Waals surface area contributed by atoms with Crippen LogP contribution in [0.3, 0.4) is 0 Å². The maximum atomic E-state index is 5.93. The van der Waals surface area contributed by atoms with Gasteiger partial charge < -0.3 is 20.3 Å². The molecule has 0 spiro atoms. The Morgan fingerprint density at radius 1 is 1.37 bits per heavy atom. The summed E-state index contributed by atoms with van der Waals surface area (Å²) < 4.78 is 5.71. The number of ether oxygens (including phenoxy) is 1. The largest absolute Gasteiger partial charge is 0.491 e. The fraction of sp³-hybridized carbons (Fsp3) is 0.643. The number of nitrogens with two attached hydrogens (primary N) is 1. The summed E-state index contributed by atoms with van der Waals surface area (Å²) >= 11 is 0. The van der Waals surface area contributed by atoms with E-state index >= 15 is 0 Å². The summed E-state index contributed by atoms with van der Waals surface area (Å²) in [5, 5.41) is 0. The molecule has 1 aromatic heterocycles. The first kappa shape index (κ1) is 14.1. The van der Waals surface area contributed by atoms with E-state index in [2.05, 4.69) is 20.9 Å². The molecule has 5 heteroatoms. The highest BCUT2D eigenvalue weighted by Gasteiger charge is 2.16. The minimum Gasteiger partial charge on any atom is -0.491 e. The Morgan fingerprint density at radius 3 is 2.79 bits per heavy atom. The van der Waals surface area contributed by atoms with Gasteiger partial charge in [0.1, 0.15) is 12.4 Å². The van der Waals surface area contributed by atoms with Crippen LogP contribution in [0.5, 0.6) is 5.75 Å². The van der Waals surface area contributed by atoms with Crippen LogP contribution in [0.25, 0.3) is 0 Å². The van der Waals surface area contributed by atoms with Gasteiger partial charge in [-0.15, -0.1) is 0 Å². The second-order valence-electron chi connectivity index (χ2n) is 5.36. The molecular formula is C14H24N4O. The summed E-state index contributed by atoms with van der Waals surface area (Å²) in [5.41, 5.74) is 7.06. The van der Waals surface area contributed by atoms with Crippen LogP contribution >= 0.6 is 0 Å². The van der Waals surface area contributed by atoms with E-state index in [0.717, 1.165) is 43.9 Å². The Hall–Kier alpha value is -1.33. The lowest BCUT2D eigenvalue weighted by atomic mass is 10.1. The molecule has 0 saturated carbocycles. The molecule has 106 valence electrons. The maximum Gasteiger partial charge on any atom is 0.139 e. The van der Waals surface area contributed by atoms with E-state index in [1.807, 2.05) is 20.3 Å². The zero-order valence-electron chi connectivity index (χ0n) is 11.9. The first-order valence-electron chi connectivity index (χ1n) is 6.88. The second-order valence-corrected chi connectivity index (χ2v) is 5.36. The van der Waals surface area contributed by atoms with Crippen LogP contribution < -0.4 is 15.4 Å². The minimum atomic E-state index is 0.351. The lowest BCUT2D eigenvalue weighted by Gasteiger charge is -2.31. The Morgan fingerprint density at radius 2 is 2.11 bits per heavy atom. The monoisotopic (exact) mass is 264 g/mol. The standard InChI is InChI=1S/C14H24N4O/c1-17(2)7-8-19-14-9-13(10-16-11-14)18-5-3-12(15)4-6-18/h9-12H,3-8,15H2,1-2H3. The number of hydrogen-bond acceptors (Lipinski definition) is 5. The van der Waals surface area contributed by atoms with E-state index in [1.165, 1.54) is 0 Å². The van der Waals surface area contributed by atoms with Gasteiger partial charge in [-0.1, -0.05) is 0 Å². The molecule has 0 radical (unpaired) electrons. The van der Waals surface area contributed by atoms with Crippen LogP contribution in [0, 0.1) is 0 Å². The minimum absolute atomic E-state index is 0.351. The molecule has 0 amide bonds. The highest BCUT2D eigenvalue weighted by atomic mass is 16.5.